The number of nitrogens with zero attached hydrogens (tertiary/aromatic N) is 1. The smallest absolute Gasteiger partial charge is 0.0698 e. The van der Waals surface area contributed by atoms with Crippen LogP contribution in [0.2, 0.25) is 0 Å². The minimum Gasteiger partial charge on any atom is -0.260 e. The molecule has 0 aromatic heterocycles. The number of fused-ring (bicyclic) bond motifs is 1. The van der Waals surface area contributed by atoms with E-state index in [-0.39, 0.29) is 5.41 Å². The van der Waals surface area contributed by atoms with Crippen LogP contribution in [0.4, 0.5) is 5.69 Å². The SMILES string of the molecule is CC.CC(C)(C)c1cccc2c1N=CC2. The molecule has 1 aromatic carbocycles. The van der Waals surface area contributed by atoms with Crippen LogP contribution in [0.3, 0.4) is 0 Å². The Morgan fingerprint density at radius 3 is 2.40 bits per heavy atom. The lowest BCUT2D eigenvalue weighted by molar-refractivity contribution is 0.591. The predicted octanol–water partition coefficient (Wildman–Crippen LogP) is 4.27. The highest BCUT2D eigenvalue weighted by Crippen LogP contribution is 2.36. The van der Waals surface area contributed by atoms with Gasteiger partial charge < -0.3 is 0 Å². The quantitative estimate of drug-likeness (QED) is 0.597. The summed E-state index contributed by atoms with van der Waals surface area (Å²) in [7, 11) is 0. The molecule has 2 rings (SSSR count). The highest BCUT2D eigenvalue weighted by atomic mass is 14.8. The van der Waals surface area contributed by atoms with Crippen LogP contribution in [-0.2, 0) is 11.8 Å². The number of hydrogen-bond acceptors (Lipinski definition) is 1. The molecule has 1 aliphatic rings. The van der Waals surface area contributed by atoms with Gasteiger partial charge in [0.2, 0.25) is 0 Å². The molecule has 0 radical (unpaired) electrons. The van der Waals surface area contributed by atoms with Crippen molar-refractivity contribution >= 4 is 11.9 Å². The van der Waals surface area contributed by atoms with Crippen molar-refractivity contribution in [2.45, 2.75) is 46.5 Å². The maximum Gasteiger partial charge on any atom is 0.0698 e. The minimum atomic E-state index is 0.201. The van der Waals surface area contributed by atoms with E-state index in [1.807, 2.05) is 20.1 Å². The van der Waals surface area contributed by atoms with Crippen LogP contribution >= 0.6 is 0 Å². The molecule has 1 aromatic rings. The van der Waals surface area contributed by atoms with Crippen molar-refractivity contribution in [3.63, 3.8) is 0 Å². The van der Waals surface area contributed by atoms with E-state index in [4.69, 9.17) is 0 Å². The molecule has 82 valence electrons. The molecule has 0 amide bonds. The zero-order chi connectivity index (χ0) is 11.5. The van der Waals surface area contributed by atoms with Crippen LogP contribution in [-0.4, -0.2) is 6.21 Å². The molecule has 0 saturated heterocycles. The summed E-state index contributed by atoms with van der Waals surface area (Å²) in [6, 6.07) is 6.48. The van der Waals surface area contributed by atoms with Crippen molar-refractivity contribution in [2.75, 3.05) is 0 Å². The van der Waals surface area contributed by atoms with Crippen LogP contribution < -0.4 is 0 Å². The summed E-state index contributed by atoms with van der Waals surface area (Å²) in [5.41, 5.74) is 4.13. The van der Waals surface area contributed by atoms with Crippen molar-refractivity contribution in [1.29, 1.82) is 0 Å². The molecular weight excluding hydrogens is 182 g/mol. The normalized spacial score (nSPS) is 13.1. The Morgan fingerprint density at radius 2 is 1.80 bits per heavy atom. The third kappa shape index (κ3) is 2.47. The van der Waals surface area contributed by atoms with Crippen molar-refractivity contribution < 1.29 is 0 Å². The summed E-state index contributed by atoms with van der Waals surface area (Å²) >= 11 is 0. The van der Waals surface area contributed by atoms with Crippen LogP contribution in [0.15, 0.2) is 23.2 Å². The van der Waals surface area contributed by atoms with Gasteiger partial charge in [0.1, 0.15) is 0 Å². The lowest BCUT2D eigenvalue weighted by Crippen LogP contribution is -2.11. The number of para-hydroxylation sites is 1. The van der Waals surface area contributed by atoms with E-state index >= 15 is 0 Å². The van der Waals surface area contributed by atoms with Gasteiger partial charge in [-0.1, -0.05) is 52.8 Å². The first kappa shape index (κ1) is 12.0. The van der Waals surface area contributed by atoms with E-state index in [2.05, 4.69) is 44.0 Å². The standard InChI is InChI=1S/C12H15N.C2H6/c1-12(2,3)10-6-4-5-9-7-8-13-11(9)10;1-2/h4-6,8H,7H2,1-3H3;1-2H3. The van der Waals surface area contributed by atoms with Crippen LogP contribution in [0.1, 0.15) is 45.7 Å². The molecule has 0 spiro atoms. The minimum absolute atomic E-state index is 0.201. The van der Waals surface area contributed by atoms with E-state index in [1.165, 1.54) is 16.8 Å². The Bertz CT molecular complexity index is 356. The fourth-order valence-electron chi connectivity index (χ4n) is 1.75. The van der Waals surface area contributed by atoms with E-state index in [9.17, 15) is 0 Å². The van der Waals surface area contributed by atoms with Gasteiger partial charge >= 0.3 is 0 Å². The van der Waals surface area contributed by atoms with Crippen LogP contribution in [0.25, 0.3) is 0 Å². The first-order valence-electron chi connectivity index (χ1n) is 5.74. The molecule has 0 unspecified atom stereocenters. The van der Waals surface area contributed by atoms with E-state index in [0.717, 1.165) is 6.42 Å². The third-order valence-electron chi connectivity index (χ3n) is 2.46. The Hall–Kier alpha value is -1.11. The summed E-state index contributed by atoms with van der Waals surface area (Å²) in [6.07, 6.45) is 3.00. The molecule has 1 heterocycles. The molecule has 0 fully saturated rings. The second kappa shape index (κ2) is 4.61. The fraction of sp³-hybridized carbons (Fsp3) is 0.500. The molecule has 0 saturated carbocycles. The van der Waals surface area contributed by atoms with E-state index in [0.29, 0.717) is 0 Å². The van der Waals surface area contributed by atoms with Gasteiger partial charge in [-0.3, -0.25) is 4.99 Å². The average Bonchev–Trinajstić information content (AvgIpc) is 2.66. The second-order valence-electron chi connectivity index (χ2n) is 4.58. The Kier molecular flexibility index (Phi) is 3.67. The first-order valence-corrected chi connectivity index (χ1v) is 5.74. The molecule has 15 heavy (non-hydrogen) atoms. The topological polar surface area (TPSA) is 12.4 Å². The van der Waals surface area contributed by atoms with Crippen LogP contribution in [0, 0.1) is 0 Å². The highest BCUT2D eigenvalue weighted by Gasteiger charge is 2.20. The van der Waals surface area contributed by atoms with Crippen molar-refractivity contribution in [2.24, 2.45) is 4.99 Å². The second-order valence-corrected chi connectivity index (χ2v) is 4.58. The van der Waals surface area contributed by atoms with Gasteiger partial charge in [0.15, 0.2) is 0 Å². The van der Waals surface area contributed by atoms with Gasteiger partial charge in [0.25, 0.3) is 0 Å². The number of aliphatic imine (C=N–C) groups is 1. The first-order chi connectivity index (χ1) is 7.09. The average molecular weight is 203 g/mol. The fourth-order valence-corrected chi connectivity index (χ4v) is 1.75. The third-order valence-corrected chi connectivity index (χ3v) is 2.46. The van der Waals surface area contributed by atoms with Crippen molar-refractivity contribution in [1.82, 2.24) is 0 Å². The Balaban J connectivity index is 0.000000531. The molecule has 0 atom stereocenters. The van der Waals surface area contributed by atoms with Gasteiger partial charge in [0.05, 0.1) is 5.69 Å². The Labute approximate surface area is 93.2 Å². The maximum absolute atomic E-state index is 4.44. The molecule has 1 aliphatic heterocycles. The number of hydrogen-bond donors (Lipinski definition) is 0. The predicted molar refractivity (Wildman–Crippen MR) is 68.3 cm³/mol. The highest BCUT2D eigenvalue weighted by molar-refractivity contribution is 5.78. The summed E-state index contributed by atoms with van der Waals surface area (Å²) in [5, 5.41) is 0. The molecular formula is C14H21N. The van der Waals surface area contributed by atoms with E-state index in [1.54, 1.807) is 0 Å². The van der Waals surface area contributed by atoms with Gasteiger partial charge in [-0.05, 0) is 16.5 Å². The van der Waals surface area contributed by atoms with Crippen molar-refractivity contribution in [3.05, 3.63) is 29.3 Å². The summed E-state index contributed by atoms with van der Waals surface area (Å²) < 4.78 is 0. The summed E-state index contributed by atoms with van der Waals surface area (Å²) in [6.45, 7) is 10.7. The molecule has 0 aliphatic carbocycles. The van der Waals surface area contributed by atoms with E-state index < -0.39 is 0 Å². The Morgan fingerprint density at radius 1 is 1.13 bits per heavy atom. The maximum atomic E-state index is 4.44. The lowest BCUT2D eigenvalue weighted by Gasteiger charge is -2.21. The van der Waals surface area contributed by atoms with Gasteiger partial charge in [0, 0.05) is 12.6 Å². The van der Waals surface area contributed by atoms with Crippen LogP contribution in [0.5, 0.6) is 0 Å². The zero-order valence-corrected chi connectivity index (χ0v) is 10.5. The molecule has 1 nitrogen and oxygen atoms in total. The number of rotatable bonds is 0. The lowest BCUT2D eigenvalue weighted by atomic mass is 9.85. The van der Waals surface area contributed by atoms with Crippen molar-refractivity contribution in [3.8, 4) is 0 Å². The summed E-state index contributed by atoms with van der Waals surface area (Å²) in [5.74, 6) is 0. The number of benzene rings is 1. The van der Waals surface area contributed by atoms with Gasteiger partial charge in [-0.25, -0.2) is 0 Å². The molecule has 0 N–H and O–H groups in total. The van der Waals surface area contributed by atoms with Gasteiger partial charge in [-0.15, -0.1) is 0 Å². The van der Waals surface area contributed by atoms with Gasteiger partial charge in [-0.2, -0.15) is 0 Å². The molecule has 1 heteroatoms. The monoisotopic (exact) mass is 203 g/mol. The molecule has 0 bridgehead atoms. The zero-order valence-electron chi connectivity index (χ0n) is 10.5. The summed E-state index contributed by atoms with van der Waals surface area (Å²) in [4.78, 5) is 4.44. The largest absolute Gasteiger partial charge is 0.260 e.